The van der Waals surface area contributed by atoms with Gasteiger partial charge in [-0.2, -0.15) is 5.10 Å². The molecule has 2 aliphatic rings. The van der Waals surface area contributed by atoms with Gasteiger partial charge >= 0.3 is 0 Å². The van der Waals surface area contributed by atoms with Crippen LogP contribution in [-0.4, -0.2) is 15.6 Å². The zero-order valence-corrected chi connectivity index (χ0v) is 16.6. The van der Waals surface area contributed by atoms with E-state index in [-0.39, 0.29) is 11.7 Å². The van der Waals surface area contributed by atoms with Crippen LogP contribution in [0.3, 0.4) is 0 Å². The largest absolute Gasteiger partial charge is 0.464 e. The fraction of sp³-hybridized carbons (Fsp3) is 0.208. The minimum Gasteiger partial charge on any atom is -0.464 e. The standard InChI is InChI=1S/C24H21N3O3/c1-2-16-7-9-17(10-8-16)21-15-22-20-5-3-4-6-23(20)30-24(26(22)25-21)18-11-13-19(14-12-18)27(28)29/h3-14,22,24H,2,15H2,1H3. The van der Waals surface area contributed by atoms with Crippen LogP contribution in [0, 0.1) is 10.1 Å². The fourth-order valence-electron chi connectivity index (χ4n) is 4.12. The fourth-order valence-corrected chi connectivity index (χ4v) is 4.12. The van der Waals surface area contributed by atoms with E-state index in [9.17, 15) is 10.1 Å². The summed E-state index contributed by atoms with van der Waals surface area (Å²) in [6.45, 7) is 2.14. The zero-order valence-electron chi connectivity index (χ0n) is 16.6. The SMILES string of the molecule is CCc1ccc(C2=NN3C(C2)c2ccccc2OC3c2ccc([N+](=O)[O-])cc2)cc1. The second-order valence-electron chi connectivity index (χ2n) is 7.55. The average molecular weight is 399 g/mol. The molecule has 3 aromatic carbocycles. The van der Waals surface area contributed by atoms with Gasteiger partial charge in [0.2, 0.25) is 6.23 Å². The Labute approximate surface area is 174 Å². The van der Waals surface area contributed by atoms with E-state index in [4.69, 9.17) is 9.84 Å². The van der Waals surface area contributed by atoms with Crippen molar-refractivity contribution in [3.63, 3.8) is 0 Å². The van der Waals surface area contributed by atoms with E-state index < -0.39 is 11.2 Å². The number of hydrogen-bond donors (Lipinski definition) is 0. The van der Waals surface area contributed by atoms with Gasteiger partial charge in [0.25, 0.3) is 5.69 Å². The molecular formula is C24H21N3O3. The Morgan fingerprint density at radius 3 is 2.50 bits per heavy atom. The Hall–Kier alpha value is -3.67. The third-order valence-corrected chi connectivity index (χ3v) is 5.78. The highest BCUT2D eigenvalue weighted by molar-refractivity contribution is 6.02. The van der Waals surface area contributed by atoms with E-state index in [1.165, 1.54) is 17.7 Å². The summed E-state index contributed by atoms with van der Waals surface area (Å²) in [6, 6.07) is 23.2. The van der Waals surface area contributed by atoms with Crippen molar-refractivity contribution in [3.8, 4) is 5.75 Å². The lowest BCUT2D eigenvalue weighted by Crippen LogP contribution is -2.33. The highest BCUT2D eigenvalue weighted by Gasteiger charge is 2.40. The molecule has 0 radical (unpaired) electrons. The van der Waals surface area contributed by atoms with Crippen LogP contribution in [0.2, 0.25) is 0 Å². The number of nitro groups is 1. The molecule has 0 spiro atoms. The first-order valence-electron chi connectivity index (χ1n) is 10.1. The second kappa shape index (κ2) is 7.30. The van der Waals surface area contributed by atoms with E-state index in [0.717, 1.165) is 41.0 Å². The lowest BCUT2D eigenvalue weighted by atomic mass is 9.95. The second-order valence-corrected chi connectivity index (χ2v) is 7.55. The Bertz CT molecular complexity index is 1120. The van der Waals surface area contributed by atoms with E-state index in [2.05, 4.69) is 37.3 Å². The molecular weight excluding hydrogens is 378 g/mol. The number of hydrazone groups is 1. The molecule has 0 N–H and O–H groups in total. The van der Waals surface area contributed by atoms with Crippen LogP contribution in [0.4, 0.5) is 5.69 Å². The molecule has 3 aromatic rings. The first-order valence-corrected chi connectivity index (χ1v) is 10.1. The van der Waals surface area contributed by atoms with E-state index >= 15 is 0 Å². The molecule has 2 atom stereocenters. The third kappa shape index (κ3) is 3.10. The molecule has 150 valence electrons. The molecule has 30 heavy (non-hydrogen) atoms. The van der Waals surface area contributed by atoms with E-state index in [0.29, 0.717) is 0 Å². The van der Waals surface area contributed by atoms with Crippen molar-refractivity contribution in [1.82, 2.24) is 5.01 Å². The van der Waals surface area contributed by atoms with Gasteiger partial charge in [0, 0.05) is 29.7 Å². The van der Waals surface area contributed by atoms with Gasteiger partial charge in [0.05, 0.1) is 16.7 Å². The van der Waals surface area contributed by atoms with Gasteiger partial charge < -0.3 is 4.74 Å². The average Bonchev–Trinajstić information content (AvgIpc) is 3.24. The first-order chi connectivity index (χ1) is 14.6. The molecule has 0 aliphatic carbocycles. The van der Waals surface area contributed by atoms with Crippen LogP contribution in [0.15, 0.2) is 77.9 Å². The molecule has 2 heterocycles. The number of rotatable bonds is 4. The maximum atomic E-state index is 11.0. The summed E-state index contributed by atoms with van der Waals surface area (Å²) in [6.07, 6.45) is 1.36. The Kier molecular flexibility index (Phi) is 4.47. The number of hydrogen-bond acceptors (Lipinski definition) is 5. The summed E-state index contributed by atoms with van der Waals surface area (Å²) >= 11 is 0. The minimum absolute atomic E-state index is 0.0631. The van der Waals surface area contributed by atoms with Crippen LogP contribution < -0.4 is 4.74 Å². The Balaban J connectivity index is 1.54. The normalized spacial score (nSPS) is 19.5. The molecule has 2 aliphatic heterocycles. The predicted octanol–water partition coefficient (Wildman–Crippen LogP) is 5.40. The zero-order chi connectivity index (χ0) is 20.7. The summed E-state index contributed by atoms with van der Waals surface area (Å²) in [5.74, 6) is 0.833. The highest BCUT2D eigenvalue weighted by atomic mass is 16.6. The van der Waals surface area contributed by atoms with Crippen LogP contribution in [0.1, 0.15) is 47.9 Å². The van der Waals surface area contributed by atoms with Crippen molar-refractivity contribution in [2.24, 2.45) is 5.10 Å². The summed E-state index contributed by atoms with van der Waals surface area (Å²) in [5, 5.41) is 18.0. The number of non-ortho nitro benzene ring substituents is 1. The number of nitro benzene ring substituents is 1. The number of nitrogens with zero attached hydrogens (tertiary/aromatic N) is 3. The summed E-state index contributed by atoms with van der Waals surface area (Å²) < 4.78 is 6.30. The molecule has 5 rings (SSSR count). The number of aryl methyl sites for hydroxylation is 1. The predicted molar refractivity (Wildman–Crippen MR) is 114 cm³/mol. The minimum atomic E-state index is -0.432. The van der Waals surface area contributed by atoms with Gasteiger partial charge in [0.1, 0.15) is 5.75 Å². The maximum Gasteiger partial charge on any atom is 0.269 e. The van der Waals surface area contributed by atoms with Crippen molar-refractivity contribution in [3.05, 3.63) is 105 Å². The van der Waals surface area contributed by atoms with Crippen molar-refractivity contribution in [1.29, 1.82) is 0 Å². The molecule has 6 nitrogen and oxygen atoms in total. The van der Waals surface area contributed by atoms with Crippen LogP contribution >= 0.6 is 0 Å². The molecule has 6 heteroatoms. The van der Waals surface area contributed by atoms with Gasteiger partial charge in [-0.15, -0.1) is 0 Å². The van der Waals surface area contributed by atoms with Crippen molar-refractivity contribution in [2.45, 2.75) is 32.0 Å². The van der Waals surface area contributed by atoms with Gasteiger partial charge in [0.15, 0.2) is 0 Å². The summed E-state index contributed by atoms with van der Waals surface area (Å²) in [4.78, 5) is 10.6. The van der Waals surface area contributed by atoms with Crippen LogP contribution in [-0.2, 0) is 6.42 Å². The lowest BCUT2D eigenvalue weighted by molar-refractivity contribution is -0.384. The van der Waals surface area contributed by atoms with Crippen LogP contribution in [0.25, 0.3) is 0 Å². The molecule has 0 bridgehead atoms. The Morgan fingerprint density at radius 1 is 1.07 bits per heavy atom. The molecule has 0 saturated carbocycles. The van der Waals surface area contributed by atoms with Crippen molar-refractivity contribution >= 4 is 11.4 Å². The topological polar surface area (TPSA) is 68.0 Å². The van der Waals surface area contributed by atoms with Gasteiger partial charge in [-0.25, -0.2) is 5.01 Å². The smallest absolute Gasteiger partial charge is 0.269 e. The van der Waals surface area contributed by atoms with Gasteiger partial charge in [-0.1, -0.05) is 49.4 Å². The molecule has 0 aromatic heterocycles. The quantitative estimate of drug-likeness (QED) is 0.435. The highest BCUT2D eigenvalue weighted by Crippen LogP contribution is 2.47. The number of fused-ring (bicyclic) bond motifs is 3. The maximum absolute atomic E-state index is 11.0. The molecule has 2 unspecified atom stereocenters. The summed E-state index contributed by atoms with van der Waals surface area (Å²) in [7, 11) is 0. The monoisotopic (exact) mass is 399 g/mol. The lowest BCUT2D eigenvalue weighted by Gasteiger charge is -2.38. The van der Waals surface area contributed by atoms with Gasteiger partial charge in [-0.3, -0.25) is 10.1 Å². The number of benzene rings is 3. The van der Waals surface area contributed by atoms with E-state index in [1.807, 2.05) is 23.2 Å². The van der Waals surface area contributed by atoms with Crippen LogP contribution in [0.5, 0.6) is 5.75 Å². The number of para-hydroxylation sites is 1. The van der Waals surface area contributed by atoms with Gasteiger partial charge in [-0.05, 0) is 35.7 Å². The molecule has 0 amide bonds. The molecule has 0 saturated heterocycles. The summed E-state index contributed by atoms with van der Waals surface area (Å²) in [5.41, 5.74) is 5.45. The van der Waals surface area contributed by atoms with Crippen molar-refractivity contribution in [2.75, 3.05) is 0 Å². The number of ether oxygens (including phenoxy) is 1. The first kappa shape index (κ1) is 18.4. The van der Waals surface area contributed by atoms with E-state index in [1.54, 1.807) is 12.1 Å². The van der Waals surface area contributed by atoms with Crippen molar-refractivity contribution < 1.29 is 9.66 Å². The molecule has 0 fully saturated rings. The third-order valence-electron chi connectivity index (χ3n) is 5.78. The Morgan fingerprint density at radius 2 is 1.80 bits per heavy atom.